The zero-order valence-corrected chi connectivity index (χ0v) is 26.7. The van der Waals surface area contributed by atoms with Gasteiger partial charge in [-0.15, -0.1) is 22.7 Å². The maximum Gasteiger partial charge on any atom is 0.135 e. The molecule has 1 aliphatic carbocycles. The van der Waals surface area contributed by atoms with Crippen molar-refractivity contribution in [3.63, 3.8) is 0 Å². The van der Waals surface area contributed by atoms with Crippen LogP contribution in [0.4, 0.5) is 0 Å². The van der Waals surface area contributed by atoms with Crippen molar-refractivity contribution in [2.75, 3.05) is 0 Å². The van der Waals surface area contributed by atoms with E-state index in [1.807, 2.05) is 34.9 Å². The largest absolute Gasteiger partial charge is 0.460 e. The highest BCUT2D eigenvalue weighted by atomic mass is 32.2. The van der Waals surface area contributed by atoms with Crippen molar-refractivity contribution in [3.05, 3.63) is 138 Å². The average molecular weight is 626 g/mol. The van der Waals surface area contributed by atoms with Crippen molar-refractivity contribution in [1.29, 1.82) is 0 Å². The molecule has 46 heavy (non-hydrogen) atoms. The fraction of sp³-hybridized carbons (Fsp3) is 0.0714. The van der Waals surface area contributed by atoms with Crippen LogP contribution in [0.2, 0.25) is 0 Å². The molecule has 4 aromatic heterocycles. The molecule has 10 rings (SSSR count). The molecule has 1 atom stereocenters. The van der Waals surface area contributed by atoms with Gasteiger partial charge in [-0.2, -0.15) is 0 Å². The Morgan fingerprint density at radius 2 is 1.43 bits per heavy atom. The van der Waals surface area contributed by atoms with Crippen LogP contribution >= 0.6 is 22.7 Å². The van der Waals surface area contributed by atoms with Crippen LogP contribution in [0.25, 0.3) is 85.3 Å². The number of rotatable bonds is 3. The van der Waals surface area contributed by atoms with Crippen molar-refractivity contribution >= 4 is 85.6 Å². The average Bonchev–Trinajstić information content (AvgIpc) is 3.78. The summed E-state index contributed by atoms with van der Waals surface area (Å²) in [7, 11) is 0. The number of benzene rings is 5. The number of hydrogen-bond acceptors (Lipinski definition) is 4. The minimum atomic E-state index is 0.269. The Bertz CT molecular complexity index is 2690. The molecule has 0 saturated heterocycles. The number of pyridine rings is 1. The second-order valence-electron chi connectivity index (χ2n) is 12.4. The molecule has 5 aromatic carbocycles. The standard InChI is InChI=1S/C42H27NOS2/c1-24-18-27(23-34-39-31-9-3-2-8-25(31)13-15-36(39)44-41(24)34)29-19-28(20-30(21-29)35-11-6-7-17-43-35)26-14-16-38-33(22-26)40-32-10-4-5-12-37(32)45-42(40)46-38/h2-17,19-24H,18H2,1H3. The summed E-state index contributed by atoms with van der Waals surface area (Å²) in [5, 5.41) is 7.78. The van der Waals surface area contributed by atoms with Crippen molar-refractivity contribution in [1.82, 2.24) is 4.98 Å². The Labute approximate surface area is 273 Å². The van der Waals surface area contributed by atoms with Gasteiger partial charge in [-0.05, 0) is 100 Å². The Morgan fingerprint density at radius 1 is 0.652 bits per heavy atom. The van der Waals surface area contributed by atoms with E-state index in [1.165, 1.54) is 73.6 Å². The molecule has 1 aliphatic rings. The van der Waals surface area contributed by atoms with Crippen molar-refractivity contribution in [2.45, 2.75) is 19.3 Å². The molecule has 0 amide bonds. The van der Waals surface area contributed by atoms with E-state index in [0.717, 1.165) is 29.0 Å². The zero-order chi connectivity index (χ0) is 30.4. The van der Waals surface area contributed by atoms with Gasteiger partial charge in [0, 0.05) is 54.2 Å². The van der Waals surface area contributed by atoms with Crippen LogP contribution in [0.1, 0.15) is 36.1 Å². The Hall–Kier alpha value is -5.03. The lowest BCUT2D eigenvalue weighted by Crippen LogP contribution is -2.02. The van der Waals surface area contributed by atoms with Gasteiger partial charge in [0.05, 0.1) is 9.71 Å². The van der Waals surface area contributed by atoms with Gasteiger partial charge in [0.25, 0.3) is 0 Å². The molecule has 4 heterocycles. The van der Waals surface area contributed by atoms with Crippen LogP contribution in [-0.2, 0) is 0 Å². The van der Waals surface area contributed by atoms with E-state index >= 15 is 0 Å². The molecule has 2 nitrogen and oxygen atoms in total. The summed E-state index contributed by atoms with van der Waals surface area (Å²) >= 11 is 3.81. The summed E-state index contributed by atoms with van der Waals surface area (Å²) in [4.78, 5) is 4.77. The normalized spacial score (nSPS) is 14.9. The van der Waals surface area contributed by atoms with Gasteiger partial charge in [-0.25, -0.2) is 0 Å². The molecule has 9 aromatic rings. The summed E-state index contributed by atoms with van der Waals surface area (Å²) in [5.41, 5.74) is 9.31. The predicted octanol–water partition coefficient (Wildman–Crippen LogP) is 12.9. The third-order valence-electron chi connectivity index (χ3n) is 9.55. The highest BCUT2D eigenvalue weighted by molar-refractivity contribution is 7.44. The summed E-state index contributed by atoms with van der Waals surface area (Å²) < 4.78 is 10.6. The molecule has 1 unspecified atom stereocenters. The van der Waals surface area contributed by atoms with Gasteiger partial charge >= 0.3 is 0 Å². The molecule has 0 radical (unpaired) electrons. The first kappa shape index (κ1) is 26.2. The number of furan rings is 1. The van der Waals surface area contributed by atoms with Crippen LogP contribution < -0.4 is 0 Å². The van der Waals surface area contributed by atoms with Crippen LogP contribution in [0.3, 0.4) is 0 Å². The van der Waals surface area contributed by atoms with Crippen LogP contribution in [0.15, 0.2) is 126 Å². The lowest BCUT2D eigenvalue weighted by molar-refractivity contribution is 0.506. The van der Waals surface area contributed by atoms with Crippen molar-refractivity contribution < 1.29 is 4.42 Å². The number of hydrogen-bond donors (Lipinski definition) is 0. The number of fused-ring (bicyclic) bond motifs is 10. The zero-order valence-electron chi connectivity index (χ0n) is 25.1. The summed E-state index contributed by atoms with van der Waals surface area (Å²) in [6.45, 7) is 2.29. The molecule has 4 heteroatoms. The first-order valence-electron chi connectivity index (χ1n) is 15.7. The monoisotopic (exact) mass is 625 g/mol. The highest BCUT2D eigenvalue weighted by Crippen LogP contribution is 2.47. The quantitative estimate of drug-likeness (QED) is 0.195. The fourth-order valence-corrected chi connectivity index (χ4v) is 9.96. The van der Waals surface area contributed by atoms with Crippen LogP contribution in [0, 0.1) is 0 Å². The van der Waals surface area contributed by atoms with Crippen LogP contribution in [-0.4, -0.2) is 4.98 Å². The van der Waals surface area contributed by atoms with E-state index in [-0.39, 0.29) is 5.92 Å². The van der Waals surface area contributed by atoms with E-state index < -0.39 is 0 Å². The molecule has 0 aliphatic heterocycles. The summed E-state index contributed by atoms with van der Waals surface area (Å²) in [6, 6.07) is 41.9. The molecule has 0 fully saturated rings. The van der Waals surface area contributed by atoms with Crippen molar-refractivity contribution in [2.24, 2.45) is 0 Å². The van der Waals surface area contributed by atoms with Gasteiger partial charge in [0.2, 0.25) is 0 Å². The van der Waals surface area contributed by atoms with Crippen LogP contribution in [0.5, 0.6) is 0 Å². The molecule has 0 saturated carbocycles. The topological polar surface area (TPSA) is 26.0 Å². The smallest absolute Gasteiger partial charge is 0.135 e. The predicted molar refractivity (Wildman–Crippen MR) is 198 cm³/mol. The van der Waals surface area contributed by atoms with E-state index in [2.05, 4.69) is 122 Å². The van der Waals surface area contributed by atoms with Gasteiger partial charge < -0.3 is 4.42 Å². The van der Waals surface area contributed by atoms with Crippen molar-refractivity contribution in [3.8, 4) is 22.4 Å². The minimum Gasteiger partial charge on any atom is -0.460 e. The number of nitrogens with zero attached hydrogens (tertiary/aromatic N) is 1. The third kappa shape index (κ3) is 3.97. The Morgan fingerprint density at radius 3 is 2.33 bits per heavy atom. The molecule has 218 valence electrons. The third-order valence-corrected chi connectivity index (χ3v) is 12.0. The number of thiophene rings is 2. The molecular formula is C42H27NOS2. The molecule has 0 spiro atoms. The van der Waals surface area contributed by atoms with Gasteiger partial charge in [-0.3, -0.25) is 4.98 Å². The van der Waals surface area contributed by atoms with Gasteiger partial charge in [0.1, 0.15) is 11.3 Å². The number of aromatic nitrogens is 1. The van der Waals surface area contributed by atoms with Gasteiger partial charge in [0.15, 0.2) is 0 Å². The van der Waals surface area contributed by atoms with E-state index in [9.17, 15) is 0 Å². The highest BCUT2D eigenvalue weighted by Gasteiger charge is 2.26. The summed E-state index contributed by atoms with van der Waals surface area (Å²) in [5.74, 6) is 1.36. The van der Waals surface area contributed by atoms with Gasteiger partial charge in [-0.1, -0.05) is 67.6 Å². The second kappa shape index (κ2) is 9.98. The molecule has 0 N–H and O–H groups in total. The van der Waals surface area contributed by atoms with E-state index in [1.54, 1.807) is 0 Å². The maximum absolute atomic E-state index is 6.52. The second-order valence-corrected chi connectivity index (χ2v) is 14.8. The Balaban J connectivity index is 1.19. The molecular weight excluding hydrogens is 599 g/mol. The van der Waals surface area contributed by atoms with E-state index in [4.69, 9.17) is 9.40 Å². The minimum absolute atomic E-state index is 0.269. The summed E-state index contributed by atoms with van der Waals surface area (Å²) in [6.07, 6.45) is 5.19. The lowest BCUT2D eigenvalue weighted by atomic mass is 9.83. The molecule has 0 bridgehead atoms. The maximum atomic E-state index is 6.52. The Kier molecular flexibility index (Phi) is 5.69. The van der Waals surface area contributed by atoms with E-state index in [0.29, 0.717) is 0 Å². The fourth-order valence-electron chi connectivity index (χ4n) is 7.38. The lowest BCUT2D eigenvalue weighted by Gasteiger charge is -2.20. The SMILES string of the molecule is CC1CC(c2cc(-c3ccc4sc5sc6ccccc6c5c4c3)cc(-c3ccccn3)c2)=Cc2c1oc1ccc3ccccc3c21. The first-order chi connectivity index (χ1) is 22.7. The first-order valence-corrected chi connectivity index (χ1v) is 17.4. The number of allylic oxidation sites excluding steroid dienone is 1.